The molecule has 2 atom stereocenters. The van der Waals surface area contributed by atoms with Crippen molar-refractivity contribution in [3.05, 3.63) is 41.3 Å². The summed E-state index contributed by atoms with van der Waals surface area (Å²) in [5.74, 6) is 0.665. The van der Waals surface area contributed by atoms with E-state index in [0.717, 1.165) is 31.2 Å². The molecule has 2 aromatic rings. The summed E-state index contributed by atoms with van der Waals surface area (Å²) in [5, 5.41) is 25.8. The number of hydrogen-bond acceptors (Lipinski definition) is 7. The average Bonchev–Trinajstić information content (AvgIpc) is 2.70. The molecule has 2 heterocycles. The molecule has 3 rings (SSSR count). The number of anilines is 2. The van der Waals surface area contributed by atoms with Crippen molar-refractivity contribution in [1.82, 2.24) is 15.0 Å². The van der Waals surface area contributed by atoms with Crippen LogP contribution in [0.1, 0.15) is 49.9 Å². The first-order valence-electron chi connectivity index (χ1n) is 10.1. The van der Waals surface area contributed by atoms with Gasteiger partial charge in [0.1, 0.15) is 17.5 Å². The molecule has 166 valence electrons. The van der Waals surface area contributed by atoms with Gasteiger partial charge in [-0.1, -0.05) is 13.8 Å². The fourth-order valence-corrected chi connectivity index (χ4v) is 3.69. The van der Waals surface area contributed by atoms with E-state index in [0.29, 0.717) is 23.5 Å². The fraction of sp³-hybridized carbons (Fsp3) is 0.524. The van der Waals surface area contributed by atoms with E-state index in [1.165, 1.54) is 6.20 Å². The second-order valence-electron chi connectivity index (χ2n) is 8.41. The van der Waals surface area contributed by atoms with Crippen molar-refractivity contribution in [2.24, 2.45) is 5.41 Å². The Kier molecular flexibility index (Phi) is 6.65. The van der Waals surface area contributed by atoms with Crippen LogP contribution in [0.3, 0.4) is 0 Å². The Morgan fingerprint density at radius 2 is 2.06 bits per heavy atom. The molecule has 31 heavy (non-hydrogen) atoms. The molecule has 0 amide bonds. The second-order valence-corrected chi connectivity index (χ2v) is 8.41. The molecule has 0 bridgehead atoms. The number of aliphatic hydroxyl groups is 1. The van der Waals surface area contributed by atoms with Crippen LogP contribution in [0.15, 0.2) is 24.5 Å². The molecule has 0 spiro atoms. The molecule has 0 saturated heterocycles. The molecule has 1 saturated carbocycles. The van der Waals surface area contributed by atoms with Gasteiger partial charge in [0.15, 0.2) is 0 Å². The highest BCUT2D eigenvalue weighted by atomic mass is 19.4. The van der Waals surface area contributed by atoms with Crippen LogP contribution in [0.25, 0.3) is 0 Å². The van der Waals surface area contributed by atoms with E-state index in [-0.39, 0.29) is 36.5 Å². The molecular weight excluding hydrogens is 409 g/mol. The van der Waals surface area contributed by atoms with Crippen molar-refractivity contribution in [2.45, 2.75) is 57.9 Å². The summed E-state index contributed by atoms with van der Waals surface area (Å²) in [6.45, 7) is 4.29. The Hall–Kier alpha value is -2.93. The number of alkyl halides is 3. The Morgan fingerprint density at radius 3 is 2.74 bits per heavy atom. The maximum atomic E-state index is 12.8. The maximum Gasteiger partial charge on any atom is 0.416 e. The second kappa shape index (κ2) is 9.06. The monoisotopic (exact) mass is 434 g/mol. The molecule has 0 radical (unpaired) electrons. The van der Waals surface area contributed by atoms with Crippen LogP contribution in [-0.2, 0) is 12.6 Å². The highest BCUT2D eigenvalue weighted by molar-refractivity contribution is 5.54. The summed E-state index contributed by atoms with van der Waals surface area (Å²) < 4.78 is 38.5. The number of aliphatic hydroxyl groups excluding tert-OH is 1. The van der Waals surface area contributed by atoms with Gasteiger partial charge in [0.05, 0.1) is 17.9 Å². The number of nitrogens with one attached hydrogen (secondary N) is 2. The van der Waals surface area contributed by atoms with E-state index < -0.39 is 11.7 Å². The molecule has 2 aromatic heterocycles. The van der Waals surface area contributed by atoms with Crippen molar-refractivity contribution in [3.63, 3.8) is 0 Å². The Labute approximate surface area is 178 Å². The number of nitrogens with zero attached hydrogens (tertiary/aromatic N) is 4. The molecule has 1 fully saturated rings. The number of hydrogen-bond donors (Lipinski definition) is 3. The largest absolute Gasteiger partial charge is 0.416 e. The molecule has 0 aliphatic heterocycles. The van der Waals surface area contributed by atoms with E-state index in [4.69, 9.17) is 0 Å². The molecular formula is C21H25F3N6O. The van der Waals surface area contributed by atoms with Crippen LogP contribution in [0, 0.1) is 16.7 Å². The van der Waals surface area contributed by atoms with Gasteiger partial charge < -0.3 is 15.7 Å². The predicted molar refractivity (Wildman–Crippen MR) is 109 cm³/mol. The molecule has 1 aliphatic carbocycles. The summed E-state index contributed by atoms with van der Waals surface area (Å²) >= 11 is 0. The lowest BCUT2D eigenvalue weighted by Gasteiger charge is -2.40. The van der Waals surface area contributed by atoms with E-state index in [2.05, 4.69) is 31.7 Å². The summed E-state index contributed by atoms with van der Waals surface area (Å²) in [6.07, 6.45) is 0.164. The number of pyridine rings is 1. The van der Waals surface area contributed by atoms with Gasteiger partial charge in [-0.3, -0.25) is 4.98 Å². The minimum atomic E-state index is -4.41. The van der Waals surface area contributed by atoms with Crippen LogP contribution in [0.2, 0.25) is 0 Å². The number of aromatic nitrogens is 3. The standard InChI is InChI=1S/C21H25F3N6O/c1-20(2)10-16(3-4-17(20)31)29-18-13(11-25)12-28-19(30-18)27-8-6-15-9-14(5-7-26-15)21(22,23)24/h5,7,9,12,16-17,31H,3-4,6,8,10H2,1-2H3,(H2,27,28,29,30)/t16-,17+/m1/s1. The molecule has 7 nitrogen and oxygen atoms in total. The van der Waals surface area contributed by atoms with Crippen LogP contribution in [-0.4, -0.2) is 38.7 Å². The van der Waals surface area contributed by atoms with Gasteiger partial charge in [-0.15, -0.1) is 0 Å². The minimum Gasteiger partial charge on any atom is -0.393 e. The summed E-state index contributed by atoms with van der Waals surface area (Å²) in [5.41, 5.74) is -0.375. The third-order valence-corrected chi connectivity index (χ3v) is 5.52. The molecule has 10 heteroatoms. The van der Waals surface area contributed by atoms with Gasteiger partial charge in [0.2, 0.25) is 5.95 Å². The lowest BCUT2D eigenvalue weighted by molar-refractivity contribution is -0.137. The lowest BCUT2D eigenvalue weighted by atomic mass is 9.73. The van der Waals surface area contributed by atoms with Crippen LogP contribution in [0.4, 0.5) is 24.9 Å². The van der Waals surface area contributed by atoms with Crippen molar-refractivity contribution < 1.29 is 18.3 Å². The summed E-state index contributed by atoms with van der Waals surface area (Å²) in [4.78, 5) is 12.4. The van der Waals surface area contributed by atoms with E-state index in [1.807, 2.05) is 13.8 Å². The topological polar surface area (TPSA) is 107 Å². The first kappa shape index (κ1) is 22.7. The Balaban J connectivity index is 1.64. The third kappa shape index (κ3) is 5.82. The first-order chi connectivity index (χ1) is 14.6. The van der Waals surface area contributed by atoms with E-state index in [9.17, 15) is 23.5 Å². The number of halogens is 3. The van der Waals surface area contributed by atoms with Crippen LogP contribution >= 0.6 is 0 Å². The number of rotatable bonds is 6. The fourth-order valence-electron chi connectivity index (χ4n) is 3.69. The zero-order valence-electron chi connectivity index (χ0n) is 17.4. The highest BCUT2D eigenvalue weighted by Crippen LogP contribution is 2.37. The normalized spacial score (nSPS) is 20.7. The SMILES string of the molecule is CC1(C)C[C@H](Nc2nc(NCCc3cc(C(F)(F)F)ccn3)ncc2C#N)CC[C@@H]1O. The van der Waals surface area contributed by atoms with Gasteiger partial charge in [0, 0.05) is 30.9 Å². The molecule has 1 aliphatic rings. The van der Waals surface area contributed by atoms with Crippen LogP contribution in [0.5, 0.6) is 0 Å². The average molecular weight is 434 g/mol. The van der Waals surface area contributed by atoms with Crippen molar-refractivity contribution >= 4 is 11.8 Å². The van der Waals surface area contributed by atoms with Gasteiger partial charge in [0.25, 0.3) is 0 Å². The third-order valence-electron chi connectivity index (χ3n) is 5.52. The van der Waals surface area contributed by atoms with Crippen molar-refractivity contribution in [2.75, 3.05) is 17.2 Å². The van der Waals surface area contributed by atoms with Crippen molar-refractivity contribution in [1.29, 1.82) is 5.26 Å². The van der Waals surface area contributed by atoms with Crippen LogP contribution < -0.4 is 10.6 Å². The van der Waals surface area contributed by atoms with Gasteiger partial charge in [-0.2, -0.15) is 23.4 Å². The quantitative estimate of drug-likeness (QED) is 0.635. The molecule has 3 N–H and O–H groups in total. The Morgan fingerprint density at radius 1 is 1.29 bits per heavy atom. The summed E-state index contributed by atoms with van der Waals surface area (Å²) in [6, 6.07) is 4.08. The van der Waals surface area contributed by atoms with E-state index >= 15 is 0 Å². The minimum absolute atomic E-state index is 0.0579. The van der Waals surface area contributed by atoms with E-state index in [1.54, 1.807) is 0 Å². The van der Waals surface area contributed by atoms with Gasteiger partial charge in [-0.25, -0.2) is 4.98 Å². The number of nitriles is 1. The zero-order chi connectivity index (χ0) is 22.6. The smallest absolute Gasteiger partial charge is 0.393 e. The van der Waals surface area contributed by atoms with Gasteiger partial charge in [-0.05, 0) is 36.8 Å². The first-order valence-corrected chi connectivity index (χ1v) is 10.1. The lowest BCUT2D eigenvalue weighted by Crippen LogP contribution is -2.41. The maximum absolute atomic E-state index is 12.8. The Bertz CT molecular complexity index is 957. The zero-order valence-corrected chi connectivity index (χ0v) is 17.4. The molecule has 0 unspecified atom stereocenters. The van der Waals surface area contributed by atoms with Crippen molar-refractivity contribution in [3.8, 4) is 6.07 Å². The predicted octanol–water partition coefficient (Wildman–Crippen LogP) is 3.77. The highest BCUT2D eigenvalue weighted by Gasteiger charge is 2.36. The summed E-state index contributed by atoms with van der Waals surface area (Å²) in [7, 11) is 0. The molecule has 0 aromatic carbocycles. The van der Waals surface area contributed by atoms with Gasteiger partial charge >= 0.3 is 6.18 Å².